The zero-order valence-corrected chi connectivity index (χ0v) is 24.2. The summed E-state index contributed by atoms with van der Waals surface area (Å²) in [5.74, 6) is -0.813. The average Bonchev–Trinajstić information content (AvgIpc) is 3.67. The Kier molecular flexibility index (Phi) is 9.04. The number of aromatic nitrogens is 1. The van der Waals surface area contributed by atoms with Gasteiger partial charge >= 0.3 is 0 Å². The summed E-state index contributed by atoms with van der Waals surface area (Å²) in [6.07, 6.45) is 1.96. The minimum absolute atomic E-state index is 0.0462. The van der Waals surface area contributed by atoms with E-state index in [2.05, 4.69) is 15.6 Å². The predicted molar refractivity (Wildman–Crippen MR) is 165 cm³/mol. The Hall–Kier alpha value is -4.41. The van der Waals surface area contributed by atoms with Crippen LogP contribution in [-0.4, -0.2) is 65.0 Å². The first-order valence-electron chi connectivity index (χ1n) is 14.0. The lowest BCUT2D eigenvalue weighted by Crippen LogP contribution is -2.55. The minimum atomic E-state index is -0.886. The number of nitrogens with two attached hydrogens (primary N) is 1. The maximum Gasteiger partial charge on any atom is 0.243 e. The number of benzene rings is 3. The van der Waals surface area contributed by atoms with Crippen molar-refractivity contribution in [2.24, 2.45) is 5.73 Å². The highest BCUT2D eigenvalue weighted by atomic mass is 32.1. The fourth-order valence-electron chi connectivity index (χ4n) is 5.33. The second kappa shape index (κ2) is 13.1. The van der Waals surface area contributed by atoms with Crippen LogP contribution in [0.25, 0.3) is 10.2 Å². The van der Waals surface area contributed by atoms with E-state index >= 15 is 0 Å². The lowest BCUT2D eigenvalue weighted by Gasteiger charge is -2.29. The van der Waals surface area contributed by atoms with Gasteiger partial charge in [0.05, 0.1) is 22.3 Å². The summed E-state index contributed by atoms with van der Waals surface area (Å²) >= 11 is 1.29. The lowest BCUT2D eigenvalue weighted by atomic mass is 10.00. The molecule has 9 nitrogen and oxygen atoms in total. The van der Waals surface area contributed by atoms with E-state index in [0.29, 0.717) is 36.4 Å². The standard InChI is InChI=1S/C32H34N6O3S/c1-35-25(19-20-8-3-2-4-9-20)32(41)38-17-7-11-26(38)30(40)36-24(18-21-13-15-22(16-14-21)29(33)34)28(39)31-37-23-10-5-6-12-27(23)42-31/h2-6,8-10,12-16,24-26,35H,7,11,17-19H2,1H3,(H3,33,34)(H,36,40). The number of ketones is 1. The Morgan fingerprint density at radius 1 is 0.976 bits per heavy atom. The van der Waals surface area contributed by atoms with E-state index < -0.39 is 18.1 Å². The number of thiazole rings is 1. The second-order valence-electron chi connectivity index (χ2n) is 10.4. The number of nitrogens with one attached hydrogen (secondary N) is 3. The van der Waals surface area contributed by atoms with Gasteiger partial charge < -0.3 is 21.3 Å². The van der Waals surface area contributed by atoms with E-state index in [4.69, 9.17) is 11.1 Å². The number of amidine groups is 1. The predicted octanol–water partition coefficient (Wildman–Crippen LogP) is 3.31. The molecule has 0 bridgehead atoms. The largest absolute Gasteiger partial charge is 0.384 e. The maximum atomic E-state index is 13.8. The Morgan fingerprint density at radius 3 is 2.33 bits per heavy atom. The number of likely N-dealkylation sites (N-methyl/N-ethyl adjacent to an activating group) is 1. The second-order valence-corrected chi connectivity index (χ2v) is 11.5. The molecule has 2 heterocycles. The number of fused-ring (bicyclic) bond motifs is 1. The van der Waals surface area contributed by atoms with Crippen molar-refractivity contribution in [3.8, 4) is 0 Å². The summed E-state index contributed by atoms with van der Waals surface area (Å²) in [6.45, 7) is 0.479. The zero-order valence-electron chi connectivity index (χ0n) is 23.4. The van der Waals surface area contributed by atoms with Crippen LogP contribution in [0.1, 0.15) is 39.3 Å². The van der Waals surface area contributed by atoms with E-state index in [1.807, 2.05) is 54.6 Å². The molecule has 0 saturated carbocycles. The summed E-state index contributed by atoms with van der Waals surface area (Å²) in [5, 5.41) is 14.1. The fourth-order valence-corrected chi connectivity index (χ4v) is 6.29. The van der Waals surface area contributed by atoms with E-state index in [1.165, 1.54) is 11.3 Å². The monoisotopic (exact) mass is 582 g/mol. The van der Waals surface area contributed by atoms with Gasteiger partial charge in [-0.05, 0) is 49.6 Å². The number of carbonyl (C=O) groups is 3. The van der Waals surface area contributed by atoms with Crippen LogP contribution in [0.15, 0.2) is 78.9 Å². The van der Waals surface area contributed by atoms with Crippen LogP contribution in [0.2, 0.25) is 0 Å². The van der Waals surface area contributed by atoms with Gasteiger partial charge in [-0.25, -0.2) is 4.98 Å². The third kappa shape index (κ3) is 6.56. The molecule has 4 aromatic rings. The van der Waals surface area contributed by atoms with Gasteiger partial charge in [0.15, 0.2) is 5.01 Å². The van der Waals surface area contributed by atoms with Crippen LogP contribution in [0.5, 0.6) is 0 Å². The number of rotatable bonds is 11. The lowest BCUT2D eigenvalue weighted by molar-refractivity contribution is -0.140. The van der Waals surface area contributed by atoms with Crippen LogP contribution in [-0.2, 0) is 22.4 Å². The van der Waals surface area contributed by atoms with Gasteiger partial charge in [0.25, 0.3) is 0 Å². The van der Waals surface area contributed by atoms with Crippen molar-refractivity contribution >= 4 is 45.0 Å². The molecule has 10 heteroatoms. The highest BCUT2D eigenvalue weighted by Gasteiger charge is 2.38. The molecule has 216 valence electrons. The third-order valence-corrected chi connectivity index (χ3v) is 8.66. The molecular formula is C32H34N6O3S. The minimum Gasteiger partial charge on any atom is -0.384 e. The summed E-state index contributed by atoms with van der Waals surface area (Å²) in [4.78, 5) is 47.3. The van der Waals surface area contributed by atoms with Crippen molar-refractivity contribution < 1.29 is 14.4 Å². The Bertz CT molecular complexity index is 1550. The molecule has 3 unspecified atom stereocenters. The topological polar surface area (TPSA) is 141 Å². The SMILES string of the molecule is CNC(Cc1ccccc1)C(=O)N1CCCC1C(=O)NC(Cc1ccc(C(=N)N)cc1)C(=O)c1nc2ccccc2s1. The summed E-state index contributed by atoms with van der Waals surface area (Å²) in [7, 11) is 1.75. The first kappa shape index (κ1) is 29.1. The van der Waals surface area contributed by atoms with Gasteiger partial charge in [-0.1, -0.05) is 66.7 Å². The summed E-state index contributed by atoms with van der Waals surface area (Å²) in [6, 6.07) is 22.3. The van der Waals surface area contributed by atoms with Gasteiger partial charge in [0, 0.05) is 18.5 Å². The molecule has 5 rings (SSSR count). The molecule has 1 aliphatic heterocycles. The van der Waals surface area contributed by atoms with Gasteiger partial charge in [-0.3, -0.25) is 19.8 Å². The molecule has 1 saturated heterocycles. The molecule has 0 aliphatic carbocycles. The van der Waals surface area contributed by atoms with Crippen molar-refractivity contribution in [3.63, 3.8) is 0 Å². The number of amides is 2. The number of hydrogen-bond acceptors (Lipinski definition) is 7. The Labute approximate surface area is 248 Å². The van der Waals surface area contributed by atoms with Crippen LogP contribution in [0, 0.1) is 5.41 Å². The molecule has 42 heavy (non-hydrogen) atoms. The molecule has 0 radical (unpaired) electrons. The van der Waals surface area contributed by atoms with E-state index in [1.54, 1.807) is 36.2 Å². The van der Waals surface area contributed by atoms with Crippen LogP contribution in [0.4, 0.5) is 0 Å². The molecule has 3 aromatic carbocycles. The Balaban J connectivity index is 1.36. The van der Waals surface area contributed by atoms with Crippen molar-refractivity contribution in [1.29, 1.82) is 5.41 Å². The number of nitrogen functional groups attached to an aromatic ring is 1. The number of likely N-dealkylation sites (tertiary alicyclic amines) is 1. The van der Waals surface area contributed by atoms with Crippen molar-refractivity contribution in [2.45, 2.75) is 43.8 Å². The van der Waals surface area contributed by atoms with Gasteiger partial charge in [-0.2, -0.15) is 0 Å². The summed E-state index contributed by atoms with van der Waals surface area (Å²) in [5.41, 5.74) is 8.74. The first-order chi connectivity index (χ1) is 20.3. The van der Waals surface area contributed by atoms with E-state index in [-0.39, 0.29) is 29.9 Å². The number of hydrogen-bond donors (Lipinski definition) is 4. The van der Waals surface area contributed by atoms with Gasteiger partial charge in [0.2, 0.25) is 17.6 Å². The normalized spacial score (nSPS) is 16.2. The van der Waals surface area contributed by atoms with Crippen LogP contribution < -0.4 is 16.4 Å². The fraction of sp³-hybridized carbons (Fsp3) is 0.281. The molecule has 5 N–H and O–H groups in total. The third-order valence-electron chi connectivity index (χ3n) is 7.61. The summed E-state index contributed by atoms with van der Waals surface area (Å²) < 4.78 is 0.890. The highest BCUT2D eigenvalue weighted by Crippen LogP contribution is 2.24. The average molecular weight is 583 g/mol. The molecular weight excluding hydrogens is 548 g/mol. The number of Topliss-reactive ketones (excluding diaryl/α,β-unsaturated/α-hetero) is 1. The van der Waals surface area contributed by atoms with Crippen molar-refractivity contribution in [3.05, 3.63) is 101 Å². The number of nitrogens with zero attached hydrogens (tertiary/aromatic N) is 2. The molecule has 3 atom stereocenters. The van der Waals surface area contributed by atoms with E-state index in [9.17, 15) is 14.4 Å². The first-order valence-corrected chi connectivity index (χ1v) is 14.8. The quantitative estimate of drug-likeness (QED) is 0.122. The Morgan fingerprint density at radius 2 is 1.64 bits per heavy atom. The highest BCUT2D eigenvalue weighted by molar-refractivity contribution is 7.20. The smallest absolute Gasteiger partial charge is 0.243 e. The zero-order chi connectivity index (χ0) is 29.6. The molecule has 1 aliphatic rings. The van der Waals surface area contributed by atoms with Gasteiger partial charge in [-0.15, -0.1) is 11.3 Å². The van der Waals surface area contributed by atoms with Gasteiger partial charge in [0.1, 0.15) is 11.9 Å². The number of para-hydroxylation sites is 1. The van der Waals surface area contributed by atoms with Crippen molar-refractivity contribution in [2.75, 3.05) is 13.6 Å². The maximum absolute atomic E-state index is 13.8. The van der Waals surface area contributed by atoms with Crippen molar-refractivity contribution in [1.82, 2.24) is 20.5 Å². The number of carbonyl (C=O) groups excluding carboxylic acids is 3. The molecule has 1 aromatic heterocycles. The molecule has 0 spiro atoms. The molecule has 1 fully saturated rings. The van der Waals surface area contributed by atoms with Crippen LogP contribution in [0.3, 0.4) is 0 Å². The van der Waals surface area contributed by atoms with Crippen LogP contribution >= 0.6 is 11.3 Å². The molecule has 2 amide bonds. The van der Waals surface area contributed by atoms with E-state index in [0.717, 1.165) is 21.3 Å².